The molecule has 20 nitrogen and oxygen atoms in total. The van der Waals surface area contributed by atoms with Crippen molar-refractivity contribution in [3.63, 3.8) is 0 Å². The molecule has 236 valence electrons. The summed E-state index contributed by atoms with van der Waals surface area (Å²) in [6.07, 6.45) is -5.10. The summed E-state index contributed by atoms with van der Waals surface area (Å²) >= 11 is 8.16. The molecule has 0 unspecified atom stereocenters. The highest BCUT2D eigenvalue weighted by molar-refractivity contribution is 8.44. The van der Waals surface area contributed by atoms with Crippen molar-refractivity contribution >= 4 is 72.3 Å². The topological polar surface area (TPSA) is 269 Å². The molecule has 7 heterocycles. The molecule has 4 aromatic heterocycles. The zero-order valence-electron chi connectivity index (χ0n) is 22.0. The molecule has 0 spiro atoms. The van der Waals surface area contributed by atoms with E-state index in [-0.39, 0.29) is 23.2 Å². The van der Waals surface area contributed by atoms with Gasteiger partial charge in [-0.05, 0) is 0 Å². The van der Waals surface area contributed by atoms with Gasteiger partial charge >= 0.3 is 13.6 Å². The monoisotopic (exact) mass is 690 g/mol. The largest absolute Gasteiger partial charge is 0.386 e. The van der Waals surface area contributed by atoms with Crippen LogP contribution in [-0.2, 0) is 36.7 Å². The number of aliphatic hydroxyl groups excluding tert-OH is 2. The summed E-state index contributed by atoms with van der Waals surface area (Å²) in [6, 6.07) is 0. The number of nitrogens with zero attached hydrogens (tertiary/aromatic N) is 8. The Hall–Kier alpha value is -2.46. The van der Waals surface area contributed by atoms with E-state index >= 15 is 0 Å². The van der Waals surface area contributed by atoms with Crippen LogP contribution in [0.3, 0.4) is 0 Å². The Morgan fingerprint density at radius 1 is 0.750 bits per heavy atom. The number of hydrogen-bond acceptors (Lipinski definition) is 18. The summed E-state index contributed by atoms with van der Waals surface area (Å²) in [5.41, 5.74) is 12.6. The minimum absolute atomic E-state index is 0.0462. The molecule has 0 bridgehead atoms. The third kappa shape index (κ3) is 5.48. The van der Waals surface area contributed by atoms with Gasteiger partial charge in [0.15, 0.2) is 23.8 Å². The Kier molecular flexibility index (Phi) is 7.63. The first-order valence-electron chi connectivity index (χ1n) is 12.8. The standard InChI is InChI=1S/C20H24N10O10P2S2/c21-19-23-1-7-15(27-19)29(5-25-7)17-11(31)13-9(37-17)3-35-42(34,44)40-14-10(4-36-41(33,43)39-13)38-18(12(14)32)30-6-26-8-2-24-20(22)28-16(8)30/h1-2,5-6,9-14,17-18,31-32H,3-4H2,(H,33,43)(H,34,44)(H2,21,23,27)(H2,22,24,28)/t9-,10-,11-,12-,13-,14-,17-,18-,41-,42-/m1/s1. The van der Waals surface area contributed by atoms with Crippen LogP contribution >= 0.6 is 38.1 Å². The zero-order valence-corrected chi connectivity index (χ0v) is 25.6. The van der Waals surface area contributed by atoms with Crippen LogP contribution < -0.4 is 11.5 Å². The summed E-state index contributed by atoms with van der Waals surface area (Å²) in [7, 11) is 0. The number of aromatic nitrogens is 8. The van der Waals surface area contributed by atoms with Crippen LogP contribution in [0.2, 0.25) is 0 Å². The van der Waals surface area contributed by atoms with Crippen molar-refractivity contribution in [2.24, 2.45) is 0 Å². The average Bonchev–Trinajstić information content (AvgIpc) is 3.71. The van der Waals surface area contributed by atoms with Gasteiger partial charge in [-0.2, -0.15) is 9.97 Å². The van der Waals surface area contributed by atoms with Gasteiger partial charge in [-0.15, -0.1) is 0 Å². The molecule has 0 saturated carbocycles. The van der Waals surface area contributed by atoms with Crippen LogP contribution in [0.1, 0.15) is 12.5 Å². The average molecular weight is 691 g/mol. The van der Waals surface area contributed by atoms with E-state index in [4.69, 9.17) is 39.0 Å². The van der Waals surface area contributed by atoms with Crippen molar-refractivity contribution in [2.75, 3.05) is 24.7 Å². The van der Waals surface area contributed by atoms with Crippen LogP contribution in [0.15, 0.2) is 25.0 Å². The fraction of sp³-hybridized carbons (Fsp3) is 0.500. The molecule has 3 aliphatic heterocycles. The summed E-state index contributed by atoms with van der Waals surface area (Å²) < 4.78 is 63.9. The number of rotatable bonds is 2. The Bertz CT molecular complexity index is 1700. The molecule has 6 N–H and O–H groups in total. The SMILES string of the molecule is Nc1ncc2ncn([C@@H]3O[C@@H]4CO[P@@](=O)(S)O[C@H]5[C@@H](O)[C@H](n6cnc7cnc(N)nc76)O[C@@H]5CO[P@@](=O)(S)O[C@H]4[C@H]3O)c2n1. The molecule has 0 aromatic carbocycles. The molecule has 0 aliphatic carbocycles. The second-order valence-electron chi connectivity index (χ2n) is 9.96. The lowest BCUT2D eigenvalue weighted by Gasteiger charge is -2.28. The molecule has 7 rings (SSSR count). The number of nitrogens with two attached hydrogens (primary N) is 2. The van der Waals surface area contributed by atoms with E-state index in [1.807, 2.05) is 0 Å². The second kappa shape index (κ2) is 11.1. The molecular formula is C20H24N10O10P2S2. The summed E-state index contributed by atoms with van der Waals surface area (Å²) in [6.45, 7) is -9.59. The van der Waals surface area contributed by atoms with Crippen LogP contribution in [0.4, 0.5) is 11.9 Å². The van der Waals surface area contributed by atoms with Crippen LogP contribution in [0.5, 0.6) is 0 Å². The van der Waals surface area contributed by atoms with Gasteiger partial charge in [-0.25, -0.2) is 29.1 Å². The summed E-state index contributed by atoms with van der Waals surface area (Å²) in [5.74, 6) is -0.0925. The van der Waals surface area contributed by atoms with Gasteiger partial charge in [0.1, 0.15) is 47.7 Å². The predicted octanol–water partition coefficient (Wildman–Crippen LogP) is 0.240. The first-order chi connectivity index (χ1) is 20.9. The van der Waals surface area contributed by atoms with E-state index in [0.29, 0.717) is 11.0 Å². The van der Waals surface area contributed by atoms with E-state index in [9.17, 15) is 19.3 Å². The number of fused-ring (bicyclic) bond motifs is 4. The van der Waals surface area contributed by atoms with Crippen LogP contribution in [-0.4, -0.2) is 99.1 Å². The van der Waals surface area contributed by atoms with Gasteiger partial charge in [0, 0.05) is 0 Å². The lowest BCUT2D eigenvalue weighted by Crippen LogP contribution is -2.38. The molecule has 3 saturated heterocycles. The Morgan fingerprint density at radius 3 is 1.57 bits per heavy atom. The maximum atomic E-state index is 13.4. The van der Waals surface area contributed by atoms with Crippen molar-refractivity contribution in [3.05, 3.63) is 25.0 Å². The molecule has 4 aromatic rings. The lowest BCUT2D eigenvalue weighted by atomic mass is 10.1. The highest BCUT2D eigenvalue weighted by Gasteiger charge is 2.53. The fourth-order valence-corrected chi connectivity index (χ4v) is 8.16. The second-order valence-corrected chi connectivity index (χ2v) is 15.7. The molecule has 10 atom stereocenters. The van der Waals surface area contributed by atoms with Crippen molar-refractivity contribution < 1.29 is 46.9 Å². The van der Waals surface area contributed by atoms with E-state index in [1.165, 1.54) is 34.2 Å². The van der Waals surface area contributed by atoms with Gasteiger partial charge in [0.05, 0.1) is 38.3 Å². The minimum atomic E-state index is -4.26. The van der Waals surface area contributed by atoms with E-state index in [0.717, 1.165) is 0 Å². The summed E-state index contributed by atoms with van der Waals surface area (Å²) in [4.78, 5) is 24.4. The van der Waals surface area contributed by atoms with Gasteiger partial charge in [-0.1, -0.05) is 24.5 Å². The maximum Gasteiger partial charge on any atom is 0.386 e. The molecule has 3 fully saturated rings. The quantitative estimate of drug-likeness (QED) is 0.121. The van der Waals surface area contributed by atoms with E-state index in [1.54, 1.807) is 0 Å². The molecule has 0 amide bonds. The Labute approximate surface area is 256 Å². The third-order valence-electron chi connectivity index (χ3n) is 7.15. The molecule has 24 heteroatoms. The number of imidazole rings is 2. The molecule has 3 aliphatic rings. The van der Waals surface area contributed by atoms with Crippen molar-refractivity contribution in [2.45, 2.75) is 49.1 Å². The number of anilines is 2. The number of thiol groups is 2. The predicted molar refractivity (Wildman–Crippen MR) is 154 cm³/mol. The Morgan fingerprint density at radius 2 is 1.16 bits per heavy atom. The van der Waals surface area contributed by atoms with Crippen molar-refractivity contribution in [1.29, 1.82) is 0 Å². The number of ether oxygens (including phenoxy) is 2. The number of aliphatic hydroxyl groups is 2. The highest BCUT2D eigenvalue weighted by atomic mass is 32.7. The van der Waals surface area contributed by atoms with Crippen LogP contribution in [0, 0.1) is 0 Å². The highest BCUT2D eigenvalue weighted by Crippen LogP contribution is 2.60. The van der Waals surface area contributed by atoms with Gasteiger partial charge < -0.3 is 31.2 Å². The molecular weight excluding hydrogens is 666 g/mol. The van der Waals surface area contributed by atoms with E-state index < -0.39 is 75.9 Å². The maximum absolute atomic E-state index is 13.4. The molecule has 0 radical (unpaired) electrons. The van der Waals surface area contributed by atoms with Gasteiger partial charge in [-0.3, -0.25) is 27.2 Å². The zero-order chi connectivity index (χ0) is 31.0. The van der Waals surface area contributed by atoms with Crippen molar-refractivity contribution in [3.8, 4) is 0 Å². The first kappa shape index (κ1) is 30.2. The van der Waals surface area contributed by atoms with Crippen molar-refractivity contribution in [1.82, 2.24) is 39.0 Å². The fourth-order valence-electron chi connectivity index (χ4n) is 5.18. The first-order valence-corrected chi connectivity index (χ1v) is 18.2. The minimum Gasteiger partial charge on any atom is -0.386 e. The third-order valence-corrected chi connectivity index (χ3v) is 10.4. The normalized spacial score (nSPS) is 38.3. The smallest absolute Gasteiger partial charge is 0.386 e. The molecule has 44 heavy (non-hydrogen) atoms. The lowest BCUT2D eigenvalue weighted by molar-refractivity contribution is -0.0561. The number of hydrogen-bond donors (Lipinski definition) is 6. The van der Waals surface area contributed by atoms with E-state index in [2.05, 4.69) is 54.4 Å². The Balaban J connectivity index is 1.16. The van der Waals surface area contributed by atoms with Gasteiger partial charge in [0.2, 0.25) is 11.9 Å². The summed E-state index contributed by atoms with van der Waals surface area (Å²) in [5, 5.41) is 22.5. The number of nitrogen functional groups attached to an aromatic ring is 2. The van der Waals surface area contributed by atoms with Gasteiger partial charge in [0.25, 0.3) is 0 Å². The van der Waals surface area contributed by atoms with Crippen LogP contribution in [0.25, 0.3) is 22.3 Å².